The number of carbonyl (C=O) groups is 8. The molecule has 26 nitrogen and oxygen atoms in total. The zero-order valence-corrected chi connectivity index (χ0v) is 58.4. The lowest BCUT2D eigenvalue weighted by molar-refractivity contribution is -0.922. The third-order valence-corrected chi connectivity index (χ3v) is 21.7. The average Bonchev–Trinajstić information content (AvgIpc) is 1.62. The van der Waals surface area contributed by atoms with Gasteiger partial charge in [-0.1, -0.05) is 63.3 Å². The van der Waals surface area contributed by atoms with E-state index in [1.165, 1.54) is 12.2 Å². The van der Waals surface area contributed by atoms with Gasteiger partial charge in [0.15, 0.2) is 22.5 Å². The molecule has 0 radical (unpaired) electrons. The van der Waals surface area contributed by atoms with Crippen molar-refractivity contribution in [2.24, 2.45) is 33.3 Å². The Balaban J connectivity index is 0.724. The van der Waals surface area contributed by atoms with Crippen LogP contribution in [0.1, 0.15) is 144 Å². The number of ether oxygens (including phenoxy) is 1. The number of urea groups is 1. The smallest absolute Gasteiger partial charge is 0.355 e. The van der Waals surface area contributed by atoms with Gasteiger partial charge in [0.1, 0.15) is 24.4 Å². The van der Waals surface area contributed by atoms with Crippen molar-refractivity contribution in [3.05, 3.63) is 107 Å². The van der Waals surface area contributed by atoms with Gasteiger partial charge in [-0.05, 0) is 155 Å². The Kier molecular flexibility index (Phi) is 21.0. The number of carbonyl (C=O) groups excluding carboxylic acids is 6. The fourth-order valence-electron chi connectivity index (χ4n) is 17.5. The Hall–Kier alpha value is -9.21. The molecule has 2 aliphatic heterocycles. The first-order valence-corrected chi connectivity index (χ1v) is 35.2. The van der Waals surface area contributed by atoms with Crippen molar-refractivity contribution in [3.63, 3.8) is 0 Å². The van der Waals surface area contributed by atoms with Crippen LogP contribution in [0, 0.1) is 41.4 Å². The van der Waals surface area contributed by atoms with Gasteiger partial charge >= 0.3 is 18.0 Å². The molecule has 6 aliphatic rings. The third-order valence-electron chi connectivity index (χ3n) is 20.7. The number of anilines is 5. The number of hydrogen-bond donors (Lipinski definition) is 8. The molecular formula is C72H92N15O11S+. The van der Waals surface area contributed by atoms with Crippen LogP contribution >= 0.6 is 11.3 Å². The van der Waals surface area contributed by atoms with Crippen molar-refractivity contribution < 1.29 is 57.8 Å². The van der Waals surface area contributed by atoms with Crippen LogP contribution < -0.4 is 37.2 Å². The number of nitrogens with one attached hydrogen (secondary N) is 5. The molecule has 3 unspecified atom stereocenters. The second kappa shape index (κ2) is 29.3. The lowest BCUT2D eigenvalue weighted by Gasteiger charge is -2.70. The average molecular weight is 1380 g/mol. The molecule has 99 heavy (non-hydrogen) atoms. The number of nitrogens with zero attached hydrogens (tertiary/aromatic N) is 9. The highest BCUT2D eigenvalue weighted by molar-refractivity contribution is 7.22. The van der Waals surface area contributed by atoms with E-state index in [1.807, 2.05) is 67.3 Å². The lowest BCUT2D eigenvalue weighted by Crippen LogP contribution is -2.60. The van der Waals surface area contributed by atoms with Gasteiger partial charge < -0.3 is 56.7 Å². The summed E-state index contributed by atoms with van der Waals surface area (Å²) < 4.78 is 9.15. The molecule has 0 spiro atoms. The summed E-state index contributed by atoms with van der Waals surface area (Å²) in [5.74, 6) is -3.07. The third kappa shape index (κ3) is 16.6. The Morgan fingerprint density at radius 3 is 2.23 bits per heavy atom. The number of nitrogens with two attached hydrogens (primary N) is 1. The highest BCUT2D eigenvalue weighted by Crippen LogP contribution is 2.75. The van der Waals surface area contributed by atoms with Crippen molar-refractivity contribution >= 4 is 97.3 Å². The monoisotopic (exact) mass is 1370 g/mol. The summed E-state index contributed by atoms with van der Waals surface area (Å²) in [6.45, 7) is 15.7. The van der Waals surface area contributed by atoms with E-state index in [4.69, 9.17) is 30.6 Å². The van der Waals surface area contributed by atoms with E-state index in [0.29, 0.717) is 59.4 Å². The molecule has 6 aromatic rings. The van der Waals surface area contributed by atoms with Crippen molar-refractivity contribution in [1.29, 1.82) is 0 Å². The molecule has 2 aromatic carbocycles. The van der Waals surface area contributed by atoms with E-state index in [9.17, 15) is 48.6 Å². The molecule has 4 bridgehead atoms. The number of pyridine rings is 1. The highest BCUT2D eigenvalue weighted by atomic mass is 32.1. The van der Waals surface area contributed by atoms with E-state index >= 15 is 0 Å². The Morgan fingerprint density at radius 2 is 1.54 bits per heavy atom. The zero-order valence-electron chi connectivity index (χ0n) is 57.6. The molecule has 7 amide bonds. The van der Waals surface area contributed by atoms with Crippen LogP contribution in [0.5, 0.6) is 0 Å². The first-order valence-electron chi connectivity index (χ1n) is 34.3. The van der Waals surface area contributed by atoms with Crippen molar-refractivity contribution in [3.8, 4) is 11.1 Å². The minimum Gasteiger partial charge on any atom is -0.481 e. The van der Waals surface area contributed by atoms with Crippen LogP contribution in [0.2, 0.25) is 0 Å². The summed E-state index contributed by atoms with van der Waals surface area (Å²) in [6, 6.07) is 16.3. The van der Waals surface area contributed by atoms with E-state index in [1.54, 1.807) is 43.5 Å². The zero-order chi connectivity index (χ0) is 70.6. The maximum atomic E-state index is 14.0. The summed E-state index contributed by atoms with van der Waals surface area (Å²) in [7, 11) is 2.12. The van der Waals surface area contributed by atoms with Crippen molar-refractivity contribution in [1.82, 2.24) is 50.8 Å². The predicted octanol–water partition coefficient (Wildman–Crippen LogP) is 9.10. The van der Waals surface area contributed by atoms with Crippen LogP contribution in [0.4, 0.5) is 33.1 Å². The number of benzene rings is 2. The summed E-state index contributed by atoms with van der Waals surface area (Å²) in [5.41, 5.74) is 11.9. The molecule has 12 rings (SSSR count). The summed E-state index contributed by atoms with van der Waals surface area (Å²) in [5, 5.41) is 50.3. The van der Waals surface area contributed by atoms with Crippen LogP contribution in [0.25, 0.3) is 21.3 Å². The fourth-order valence-corrected chi connectivity index (χ4v) is 18.3. The van der Waals surface area contributed by atoms with Gasteiger partial charge in [0.2, 0.25) is 17.7 Å². The maximum Gasteiger partial charge on any atom is 0.355 e. The quantitative estimate of drug-likeness (QED) is 0.0111. The predicted molar refractivity (Wildman–Crippen MR) is 374 cm³/mol. The second-order valence-corrected chi connectivity index (χ2v) is 30.7. The lowest BCUT2D eigenvalue weighted by atomic mass is 9.35. The molecule has 9 N–H and O–H groups in total. The number of carboxylic acids is 2. The number of thiazole rings is 1. The van der Waals surface area contributed by atoms with Gasteiger partial charge in [0, 0.05) is 77.4 Å². The van der Waals surface area contributed by atoms with Gasteiger partial charge in [0.05, 0.1) is 62.7 Å². The summed E-state index contributed by atoms with van der Waals surface area (Å²) >= 11 is 1.55. The Bertz CT molecular complexity index is 4040. The van der Waals surface area contributed by atoms with E-state index < -0.39 is 59.6 Å². The number of carboxylic acid groups (broad SMARTS) is 2. The van der Waals surface area contributed by atoms with E-state index in [-0.39, 0.29) is 85.3 Å². The van der Waals surface area contributed by atoms with Crippen molar-refractivity contribution in [2.45, 2.75) is 157 Å². The number of fused-ring (bicyclic) bond motifs is 2. The van der Waals surface area contributed by atoms with Crippen LogP contribution in [-0.4, -0.2) is 162 Å². The summed E-state index contributed by atoms with van der Waals surface area (Å²) in [6.07, 6.45) is 14.5. The molecule has 6 heterocycles. The largest absolute Gasteiger partial charge is 0.481 e. The maximum absolute atomic E-state index is 14.0. The van der Waals surface area contributed by atoms with Crippen LogP contribution in [0.15, 0.2) is 79.0 Å². The second-order valence-electron chi connectivity index (χ2n) is 29.7. The van der Waals surface area contributed by atoms with Gasteiger partial charge in [-0.25, -0.2) is 19.6 Å². The van der Waals surface area contributed by atoms with Gasteiger partial charge in [0.25, 0.3) is 11.8 Å². The minimum atomic E-state index is -1.13. The molecule has 4 aromatic heterocycles. The number of aromatic carboxylic acids is 1. The molecule has 4 aliphatic carbocycles. The van der Waals surface area contributed by atoms with E-state index in [2.05, 4.69) is 57.3 Å². The fraction of sp³-hybridized carbons (Fsp3) is 0.514. The molecule has 27 heteroatoms. The number of amides is 7. The number of aromatic nitrogens is 6. The highest BCUT2D eigenvalue weighted by Gasteiger charge is 2.65. The molecule has 526 valence electrons. The summed E-state index contributed by atoms with van der Waals surface area (Å²) in [4.78, 5) is 114. The number of hydrogen-bond acceptors (Lipinski definition) is 17. The Labute approximate surface area is 579 Å². The number of quaternary nitrogens is 1. The van der Waals surface area contributed by atoms with E-state index in [0.717, 1.165) is 119 Å². The standard InChI is InChI=1S/C72H91N15O11S/c1-44(2)60(80-56(88)26-33-98-34-30-85-57(89)23-24-58(85)90)65(94)77-53(15-10-28-74-67(73)97)64(93)76-48-19-17-47(18-20-48)36-87(7,32-25-59(91)92)31-12-27-71-38-69(5)37-70(6,39-71)41-72(40-69,42-71)43-86-46(4)51(35-75-86)50-21-22-55(79-61(50)66(95)96)84-29-11-13-49-45(3)62(82-83-63(49)84)81-68-78-52-14-8-9-16-54(52)99-68/h8-9,14,16-24,35,44,53,60H,10-13,15,25-34,36-43H2,1-7H3,(H8-,73,74,76,77,78,80,81,82,88,91,92,93,94,95,96,97)/p+1/t53-,60-,69-,70+,71?,72?,87?/m0/s1. The van der Waals surface area contributed by atoms with Gasteiger partial charge in [-0.2, -0.15) is 5.10 Å². The van der Waals surface area contributed by atoms with Gasteiger partial charge in [-0.15, -0.1) is 10.2 Å². The normalized spacial score (nSPS) is 21.9. The number of aliphatic carboxylic acids is 1. The first-order chi connectivity index (χ1) is 47.1. The number of rotatable bonds is 32. The SMILES string of the molecule is Cc1c(Nc2nc3ccccc3s2)nnc2c1CCCN2c1ccc(-c2cnn(CC34CC5(CCC[N+](C)(CCC(=O)O)Cc6ccc(NC(=O)[C@H](CCCNC(N)=O)NC(=O)[C@@H](NC(=O)CCOCCN7C(=O)C=CC7=O)C(C)C)cc6)C[C@@](C)(C3)C[C@](C)(C5)C4)c2C)c(C(=O)O)n1. The minimum absolute atomic E-state index is 0.00811. The number of imide groups is 1. The first kappa shape index (κ1) is 71.1. The Morgan fingerprint density at radius 1 is 0.808 bits per heavy atom. The number of primary amides is 1. The number of para-hydroxylation sites is 1. The van der Waals surface area contributed by atoms with Crippen molar-refractivity contribution in [2.75, 3.05) is 68.5 Å². The van der Waals surface area contributed by atoms with Crippen LogP contribution in [0.3, 0.4) is 0 Å². The van der Waals surface area contributed by atoms with Crippen LogP contribution in [-0.2, 0) is 53.0 Å². The molecule has 7 atom stereocenters. The topological polar surface area (TPSA) is 348 Å². The molecule has 4 saturated carbocycles. The molecule has 0 saturated heterocycles. The molecular weight excluding hydrogens is 1280 g/mol. The molecule has 4 fully saturated rings. The van der Waals surface area contributed by atoms with Gasteiger partial charge in [-0.3, -0.25) is 38.3 Å².